The number of nitrogens with zero attached hydrogens (tertiary/aromatic N) is 3. The molecule has 0 saturated heterocycles. The van der Waals surface area contributed by atoms with Crippen molar-refractivity contribution in [2.45, 2.75) is 13.5 Å². The third-order valence-corrected chi connectivity index (χ3v) is 6.36. The van der Waals surface area contributed by atoms with Crippen LogP contribution in [0.2, 0.25) is 0 Å². The van der Waals surface area contributed by atoms with Gasteiger partial charge in [-0.25, -0.2) is 4.68 Å². The predicted octanol–water partition coefficient (Wildman–Crippen LogP) is 6.36. The summed E-state index contributed by atoms with van der Waals surface area (Å²) in [5.41, 5.74) is 3.36. The predicted molar refractivity (Wildman–Crippen MR) is 146 cm³/mol. The third-order valence-electron chi connectivity index (χ3n) is 6.36. The highest BCUT2D eigenvalue weighted by Crippen LogP contribution is 2.37. The molecule has 0 aliphatic rings. The van der Waals surface area contributed by atoms with Gasteiger partial charge >= 0.3 is 0 Å². The average Bonchev–Trinajstić information content (AvgIpc) is 3.63. The van der Waals surface area contributed by atoms with Crippen LogP contribution in [0.3, 0.4) is 0 Å². The molecule has 0 fully saturated rings. The van der Waals surface area contributed by atoms with Crippen molar-refractivity contribution in [3.8, 4) is 11.4 Å². The van der Waals surface area contributed by atoms with Crippen molar-refractivity contribution in [2.24, 2.45) is 0 Å². The summed E-state index contributed by atoms with van der Waals surface area (Å²) in [6.45, 7) is 1.86. The first-order chi connectivity index (χ1) is 19.1. The standard InChI is InChI=1S/C32H23N3O4/c1-21-17-28-31(38-20-24-19-35(34-33-24)25-15-9-4-10-16-25)26(29(36)22-11-5-2-6-12-22)18-27(32(28)39-21)30(37)23-13-7-3-8-14-23/h2-19H,20H2,1H3. The highest BCUT2D eigenvalue weighted by Gasteiger charge is 2.26. The topological polar surface area (TPSA) is 87.2 Å². The molecule has 0 unspecified atom stereocenters. The molecule has 190 valence electrons. The Kier molecular flexibility index (Phi) is 6.31. The lowest BCUT2D eigenvalue weighted by atomic mass is 9.94. The van der Waals surface area contributed by atoms with Crippen molar-refractivity contribution in [1.29, 1.82) is 0 Å². The number of ether oxygens (including phenoxy) is 1. The maximum atomic E-state index is 13.8. The van der Waals surface area contributed by atoms with E-state index >= 15 is 0 Å². The SMILES string of the molecule is Cc1cc2c(OCc3cn(-c4ccccc4)nn3)c(C(=O)c3ccccc3)cc(C(=O)c3ccccc3)c2o1. The van der Waals surface area contributed by atoms with E-state index in [1.165, 1.54) is 0 Å². The van der Waals surface area contributed by atoms with E-state index in [-0.39, 0.29) is 23.7 Å². The molecule has 7 nitrogen and oxygen atoms in total. The van der Waals surface area contributed by atoms with Crippen LogP contribution in [0, 0.1) is 6.92 Å². The van der Waals surface area contributed by atoms with E-state index in [1.807, 2.05) is 42.5 Å². The van der Waals surface area contributed by atoms with Gasteiger partial charge in [0.1, 0.15) is 29.4 Å². The second-order valence-electron chi connectivity index (χ2n) is 9.07. The van der Waals surface area contributed by atoms with Gasteiger partial charge in [-0.05, 0) is 31.2 Å². The van der Waals surface area contributed by atoms with Crippen LogP contribution in [0.1, 0.15) is 43.3 Å². The second kappa shape index (κ2) is 10.2. The molecule has 0 bridgehead atoms. The van der Waals surface area contributed by atoms with Crippen LogP contribution in [-0.2, 0) is 6.61 Å². The van der Waals surface area contributed by atoms with Gasteiger partial charge in [0.2, 0.25) is 0 Å². The number of para-hydroxylation sites is 1. The number of aryl methyl sites for hydroxylation is 1. The fourth-order valence-corrected chi connectivity index (χ4v) is 4.50. The quantitative estimate of drug-likeness (QED) is 0.220. The van der Waals surface area contributed by atoms with Crippen molar-refractivity contribution in [1.82, 2.24) is 15.0 Å². The van der Waals surface area contributed by atoms with Crippen LogP contribution in [0.25, 0.3) is 16.7 Å². The Morgan fingerprint density at radius 3 is 2.03 bits per heavy atom. The molecule has 0 aliphatic carbocycles. The van der Waals surface area contributed by atoms with Gasteiger partial charge in [0.15, 0.2) is 11.6 Å². The largest absolute Gasteiger partial charge is 0.486 e. The normalized spacial score (nSPS) is 11.0. The molecule has 0 N–H and O–H groups in total. The zero-order chi connectivity index (χ0) is 26.8. The fourth-order valence-electron chi connectivity index (χ4n) is 4.50. The Bertz CT molecular complexity index is 1790. The first-order valence-corrected chi connectivity index (χ1v) is 12.4. The zero-order valence-electron chi connectivity index (χ0n) is 21.1. The van der Waals surface area contributed by atoms with E-state index in [1.54, 1.807) is 78.5 Å². The van der Waals surface area contributed by atoms with Crippen LogP contribution in [-0.4, -0.2) is 26.6 Å². The zero-order valence-corrected chi connectivity index (χ0v) is 21.1. The van der Waals surface area contributed by atoms with Crippen LogP contribution in [0.5, 0.6) is 5.75 Å². The number of carbonyl (C=O) groups is 2. The number of fused-ring (bicyclic) bond motifs is 1. The molecular weight excluding hydrogens is 490 g/mol. The van der Waals surface area contributed by atoms with Crippen LogP contribution >= 0.6 is 0 Å². The number of carbonyl (C=O) groups excluding carboxylic acids is 2. The summed E-state index contributed by atoms with van der Waals surface area (Å²) in [4.78, 5) is 27.4. The molecule has 0 spiro atoms. The molecule has 0 atom stereocenters. The Morgan fingerprint density at radius 2 is 1.38 bits per heavy atom. The van der Waals surface area contributed by atoms with E-state index < -0.39 is 0 Å². The number of aromatic nitrogens is 3. The smallest absolute Gasteiger partial charge is 0.196 e. The lowest BCUT2D eigenvalue weighted by Crippen LogP contribution is -2.10. The summed E-state index contributed by atoms with van der Waals surface area (Å²) < 4.78 is 13.9. The number of rotatable bonds is 8. The molecule has 7 heteroatoms. The van der Waals surface area contributed by atoms with Crippen molar-refractivity contribution in [3.05, 3.63) is 143 Å². The van der Waals surface area contributed by atoms with Crippen molar-refractivity contribution in [2.75, 3.05) is 0 Å². The second-order valence-corrected chi connectivity index (χ2v) is 9.07. The summed E-state index contributed by atoms with van der Waals surface area (Å²) in [5.74, 6) is 0.418. The lowest BCUT2D eigenvalue weighted by molar-refractivity contribution is 0.103. The van der Waals surface area contributed by atoms with E-state index in [2.05, 4.69) is 10.3 Å². The van der Waals surface area contributed by atoms with Gasteiger partial charge in [-0.3, -0.25) is 9.59 Å². The molecule has 6 aromatic rings. The summed E-state index contributed by atoms with van der Waals surface area (Å²) in [6, 6.07) is 30.8. The van der Waals surface area contributed by atoms with Gasteiger partial charge in [0.25, 0.3) is 0 Å². The summed E-state index contributed by atoms with van der Waals surface area (Å²) >= 11 is 0. The number of hydrogen-bond acceptors (Lipinski definition) is 6. The average molecular weight is 514 g/mol. The molecular formula is C32H23N3O4. The van der Waals surface area contributed by atoms with Crippen LogP contribution in [0.4, 0.5) is 0 Å². The highest BCUT2D eigenvalue weighted by molar-refractivity contribution is 6.20. The minimum absolute atomic E-state index is 0.0627. The fraction of sp³-hybridized carbons (Fsp3) is 0.0625. The van der Waals surface area contributed by atoms with Gasteiger partial charge in [0.05, 0.1) is 28.4 Å². The molecule has 2 aromatic heterocycles. The van der Waals surface area contributed by atoms with E-state index in [4.69, 9.17) is 9.15 Å². The number of benzene rings is 4. The molecule has 0 amide bonds. The molecule has 39 heavy (non-hydrogen) atoms. The minimum atomic E-state index is -0.263. The maximum Gasteiger partial charge on any atom is 0.196 e. The first-order valence-electron chi connectivity index (χ1n) is 12.4. The van der Waals surface area contributed by atoms with Crippen LogP contribution in [0.15, 0.2) is 114 Å². The summed E-state index contributed by atoms with van der Waals surface area (Å²) in [6.07, 6.45) is 1.78. The van der Waals surface area contributed by atoms with Gasteiger partial charge in [-0.1, -0.05) is 84.1 Å². The Labute approximate surface area is 224 Å². The summed E-state index contributed by atoms with van der Waals surface area (Å²) in [5, 5.41) is 8.98. The van der Waals surface area contributed by atoms with Crippen molar-refractivity contribution >= 4 is 22.5 Å². The minimum Gasteiger partial charge on any atom is -0.486 e. The summed E-state index contributed by atoms with van der Waals surface area (Å²) in [7, 11) is 0. The molecule has 2 heterocycles. The molecule has 6 rings (SSSR count). The molecule has 0 aliphatic heterocycles. The van der Waals surface area contributed by atoms with E-state index in [0.717, 1.165) is 5.69 Å². The third kappa shape index (κ3) is 4.73. The van der Waals surface area contributed by atoms with Gasteiger partial charge in [0, 0.05) is 11.1 Å². The maximum absolute atomic E-state index is 13.8. The van der Waals surface area contributed by atoms with Crippen LogP contribution < -0.4 is 4.74 Å². The highest BCUT2D eigenvalue weighted by atomic mass is 16.5. The molecule has 0 saturated carbocycles. The van der Waals surface area contributed by atoms with Gasteiger partial charge < -0.3 is 9.15 Å². The van der Waals surface area contributed by atoms with E-state index in [9.17, 15) is 9.59 Å². The van der Waals surface area contributed by atoms with Gasteiger partial charge in [-0.15, -0.1) is 5.10 Å². The monoisotopic (exact) mass is 513 g/mol. The Hall–Kier alpha value is -5.30. The van der Waals surface area contributed by atoms with Gasteiger partial charge in [-0.2, -0.15) is 0 Å². The number of hydrogen-bond donors (Lipinski definition) is 0. The molecule has 0 radical (unpaired) electrons. The lowest BCUT2D eigenvalue weighted by Gasteiger charge is -2.14. The van der Waals surface area contributed by atoms with Crippen molar-refractivity contribution < 1.29 is 18.7 Å². The van der Waals surface area contributed by atoms with E-state index in [0.29, 0.717) is 44.9 Å². The molecule has 4 aromatic carbocycles. The first kappa shape index (κ1) is 24.1. The number of ketones is 2. The Morgan fingerprint density at radius 1 is 0.795 bits per heavy atom. The van der Waals surface area contributed by atoms with Crippen molar-refractivity contribution in [3.63, 3.8) is 0 Å². The number of furan rings is 1. The Balaban J connectivity index is 1.45.